The molecule has 1 aliphatic rings. The molecule has 0 bridgehead atoms. The Kier molecular flexibility index (Phi) is 5.40. The van der Waals surface area contributed by atoms with E-state index in [0.29, 0.717) is 32.5 Å². The van der Waals surface area contributed by atoms with Crippen molar-refractivity contribution in [1.29, 1.82) is 0 Å². The first kappa shape index (κ1) is 15.2. The van der Waals surface area contributed by atoms with E-state index in [-0.39, 0.29) is 11.9 Å². The molecule has 7 heteroatoms. The number of halogens is 3. The highest BCUT2D eigenvalue weighted by molar-refractivity contribution is 5.72. The van der Waals surface area contributed by atoms with Gasteiger partial charge in [0, 0.05) is 6.54 Å². The summed E-state index contributed by atoms with van der Waals surface area (Å²) < 4.78 is 41.3. The van der Waals surface area contributed by atoms with Gasteiger partial charge in [-0.3, -0.25) is 4.79 Å². The summed E-state index contributed by atoms with van der Waals surface area (Å²) in [6.45, 7) is 2.34. The van der Waals surface area contributed by atoms with E-state index in [1.807, 2.05) is 0 Å². The van der Waals surface area contributed by atoms with Crippen molar-refractivity contribution in [3.8, 4) is 0 Å². The van der Waals surface area contributed by atoms with Gasteiger partial charge in [-0.25, -0.2) is 0 Å². The standard InChI is InChI=1S/C11H18F3NO3/c1-2-18-10(17)8-3-5-15(6-4-8)7-9(16)11(12,13)14/h8-9,16H,2-7H2,1H3/t9-/m1/s1. The van der Waals surface area contributed by atoms with Crippen LogP contribution >= 0.6 is 0 Å². The summed E-state index contributed by atoms with van der Waals surface area (Å²) in [5, 5.41) is 8.94. The lowest BCUT2D eigenvalue weighted by molar-refractivity contribution is -0.209. The number of hydrogen-bond acceptors (Lipinski definition) is 4. The van der Waals surface area contributed by atoms with E-state index in [0.717, 1.165) is 0 Å². The minimum Gasteiger partial charge on any atom is -0.466 e. The first-order valence-electron chi connectivity index (χ1n) is 5.98. The maximum Gasteiger partial charge on any atom is 0.415 e. The maximum atomic E-state index is 12.2. The molecule has 0 aliphatic carbocycles. The molecule has 0 radical (unpaired) electrons. The molecule has 1 atom stereocenters. The van der Waals surface area contributed by atoms with Crippen LogP contribution < -0.4 is 0 Å². The Bertz CT molecular complexity index is 275. The van der Waals surface area contributed by atoms with Crippen LogP contribution in [0.4, 0.5) is 13.2 Å². The van der Waals surface area contributed by atoms with Crippen LogP contribution in [0.2, 0.25) is 0 Å². The number of nitrogens with zero attached hydrogens (tertiary/aromatic N) is 1. The Morgan fingerprint density at radius 2 is 2.00 bits per heavy atom. The predicted molar refractivity (Wildman–Crippen MR) is 57.9 cm³/mol. The number of rotatable bonds is 4. The molecule has 0 aromatic rings. The van der Waals surface area contributed by atoms with Crippen LogP contribution in [-0.4, -0.2) is 54.5 Å². The molecule has 1 aliphatic heterocycles. The number of alkyl halides is 3. The van der Waals surface area contributed by atoms with Gasteiger partial charge in [-0.05, 0) is 32.9 Å². The third-order valence-electron chi connectivity index (χ3n) is 3.02. The van der Waals surface area contributed by atoms with Gasteiger partial charge in [-0.2, -0.15) is 13.2 Å². The van der Waals surface area contributed by atoms with Crippen LogP contribution in [0.3, 0.4) is 0 Å². The summed E-state index contributed by atoms with van der Waals surface area (Å²) in [5.74, 6) is -0.516. The van der Waals surface area contributed by atoms with Crippen LogP contribution in [0.1, 0.15) is 19.8 Å². The van der Waals surface area contributed by atoms with Crippen molar-refractivity contribution >= 4 is 5.97 Å². The molecule has 0 unspecified atom stereocenters. The summed E-state index contributed by atoms with van der Waals surface area (Å²) in [6.07, 6.45) is -5.96. The van der Waals surface area contributed by atoms with E-state index < -0.39 is 18.8 Å². The van der Waals surface area contributed by atoms with Crippen molar-refractivity contribution in [3.63, 3.8) is 0 Å². The Hall–Kier alpha value is -0.820. The van der Waals surface area contributed by atoms with E-state index in [1.165, 1.54) is 4.90 Å². The Balaban J connectivity index is 2.33. The molecular weight excluding hydrogens is 251 g/mol. The number of aliphatic hydroxyl groups is 1. The number of carbonyl (C=O) groups is 1. The van der Waals surface area contributed by atoms with Gasteiger partial charge in [-0.15, -0.1) is 0 Å². The summed E-state index contributed by atoms with van der Waals surface area (Å²) >= 11 is 0. The normalized spacial score (nSPS) is 20.7. The van der Waals surface area contributed by atoms with Crippen molar-refractivity contribution in [2.24, 2.45) is 5.92 Å². The first-order valence-corrected chi connectivity index (χ1v) is 5.98. The van der Waals surface area contributed by atoms with Gasteiger partial charge in [0.05, 0.1) is 12.5 Å². The van der Waals surface area contributed by atoms with Crippen molar-refractivity contribution in [2.45, 2.75) is 32.0 Å². The second-order valence-electron chi connectivity index (χ2n) is 4.38. The number of likely N-dealkylation sites (tertiary alicyclic amines) is 1. The Labute approximate surface area is 104 Å². The van der Waals surface area contributed by atoms with Crippen LogP contribution in [0.25, 0.3) is 0 Å². The molecule has 0 spiro atoms. The molecule has 1 N–H and O–H groups in total. The van der Waals surface area contributed by atoms with E-state index in [2.05, 4.69) is 0 Å². The number of hydrogen-bond donors (Lipinski definition) is 1. The van der Waals surface area contributed by atoms with Gasteiger partial charge >= 0.3 is 12.1 Å². The predicted octanol–water partition coefficient (Wildman–Crippen LogP) is 1.18. The SMILES string of the molecule is CCOC(=O)C1CCN(C[C@@H](O)C(F)(F)F)CC1. The third-order valence-corrected chi connectivity index (χ3v) is 3.02. The molecular formula is C11H18F3NO3. The summed E-state index contributed by atoms with van der Waals surface area (Å²) in [6, 6.07) is 0. The largest absolute Gasteiger partial charge is 0.466 e. The maximum absolute atomic E-state index is 12.2. The highest BCUT2D eigenvalue weighted by Crippen LogP contribution is 2.23. The highest BCUT2D eigenvalue weighted by Gasteiger charge is 2.39. The molecule has 1 saturated heterocycles. The zero-order valence-corrected chi connectivity index (χ0v) is 10.2. The molecule has 1 fully saturated rings. The van der Waals surface area contributed by atoms with Gasteiger partial charge in [0.25, 0.3) is 0 Å². The lowest BCUT2D eigenvalue weighted by Crippen LogP contribution is -2.45. The lowest BCUT2D eigenvalue weighted by atomic mass is 9.97. The Morgan fingerprint density at radius 3 is 2.44 bits per heavy atom. The minimum atomic E-state index is -4.59. The smallest absolute Gasteiger partial charge is 0.415 e. The number of carbonyl (C=O) groups excluding carboxylic acids is 1. The van der Waals surface area contributed by atoms with Crippen LogP contribution in [-0.2, 0) is 9.53 Å². The van der Waals surface area contributed by atoms with Crippen molar-refractivity contribution in [2.75, 3.05) is 26.2 Å². The molecule has 0 aromatic carbocycles. The van der Waals surface area contributed by atoms with Crippen LogP contribution in [0.15, 0.2) is 0 Å². The second kappa shape index (κ2) is 6.38. The second-order valence-corrected chi connectivity index (χ2v) is 4.38. The average Bonchev–Trinajstić information content (AvgIpc) is 2.29. The van der Waals surface area contributed by atoms with Gasteiger partial charge < -0.3 is 14.7 Å². The molecule has 18 heavy (non-hydrogen) atoms. The fourth-order valence-corrected chi connectivity index (χ4v) is 1.96. The fraction of sp³-hybridized carbons (Fsp3) is 0.909. The molecule has 4 nitrogen and oxygen atoms in total. The molecule has 106 valence electrons. The third kappa shape index (κ3) is 4.45. The van der Waals surface area contributed by atoms with E-state index >= 15 is 0 Å². The fourth-order valence-electron chi connectivity index (χ4n) is 1.96. The highest BCUT2D eigenvalue weighted by atomic mass is 19.4. The van der Waals surface area contributed by atoms with Crippen molar-refractivity contribution in [3.05, 3.63) is 0 Å². The topological polar surface area (TPSA) is 49.8 Å². The monoisotopic (exact) mass is 269 g/mol. The average molecular weight is 269 g/mol. The zero-order valence-electron chi connectivity index (χ0n) is 10.2. The number of piperidine rings is 1. The van der Waals surface area contributed by atoms with Gasteiger partial charge in [0.15, 0.2) is 6.10 Å². The van der Waals surface area contributed by atoms with Crippen LogP contribution in [0.5, 0.6) is 0 Å². The molecule has 0 aromatic heterocycles. The van der Waals surface area contributed by atoms with E-state index in [4.69, 9.17) is 9.84 Å². The zero-order chi connectivity index (χ0) is 13.8. The first-order chi connectivity index (χ1) is 8.34. The van der Waals surface area contributed by atoms with Crippen molar-refractivity contribution < 1.29 is 27.8 Å². The summed E-state index contributed by atoms with van der Waals surface area (Å²) in [5.41, 5.74) is 0. The minimum absolute atomic E-state index is 0.232. The number of esters is 1. The lowest BCUT2D eigenvalue weighted by Gasteiger charge is -2.32. The van der Waals surface area contributed by atoms with Crippen LogP contribution in [0, 0.1) is 5.92 Å². The summed E-state index contributed by atoms with van der Waals surface area (Å²) in [4.78, 5) is 12.9. The molecule has 0 amide bonds. The van der Waals surface area contributed by atoms with Gasteiger partial charge in [0.1, 0.15) is 0 Å². The number of aliphatic hydroxyl groups excluding tert-OH is 1. The quantitative estimate of drug-likeness (QED) is 0.779. The number of β-amino-alcohol motifs (C(OH)–C–C–N with tert-alkyl or cyclic N) is 1. The van der Waals surface area contributed by atoms with E-state index in [1.54, 1.807) is 6.92 Å². The van der Waals surface area contributed by atoms with Gasteiger partial charge in [0.2, 0.25) is 0 Å². The Morgan fingerprint density at radius 1 is 1.44 bits per heavy atom. The number of ether oxygens (including phenoxy) is 1. The van der Waals surface area contributed by atoms with E-state index in [9.17, 15) is 18.0 Å². The molecule has 0 saturated carbocycles. The molecule has 1 heterocycles. The molecule has 1 rings (SSSR count). The van der Waals surface area contributed by atoms with Crippen molar-refractivity contribution in [1.82, 2.24) is 4.90 Å². The van der Waals surface area contributed by atoms with Gasteiger partial charge in [-0.1, -0.05) is 0 Å². The summed E-state index contributed by atoms with van der Waals surface area (Å²) in [7, 11) is 0.